The van der Waals surface area contributed by atoms with Crippen molar-refractivity contribution in [3.05, 3.63) is 33.0 Å². The van der Waals surface area contributed by atoms with Gasteiger partial charge in [-0.1, -0.05) is 12.2 Å². The fourth-order valence-electron chi connectivity index (χ4n) is 2.48. The molecular weight excluding hydrogens is 560 g/mol. The Morgan fingerprint density at radius 3 is 1.93 bits per heavy atom. The third-order valence-corrected chi connectivity index (χ3v) is 5.04. The number of hydrogen-bond donors (Lipinski definition) is 1. The lowest BCUT2D eigenvalue weighted by Crippen LogP contribution is -2.57. The van der Waals surface area contributed by atoms with E-state index >= 15 is 0 Å². The van der Waals surface area contributed by atoms with E-state index in [1.54, 1.807) is 0 Å². The SMILES string of the molecule is O=C(O)C1=C(CCC=CCCC(F)(F)C(F)(F)F)C(I)=CC(F)(C(F)(F)F)C1(F)F. The fraction of sp³-hybridized carbons (Fsp3) is 0.562. The summed E-state index contributed by atoms with van der Waals surface area (Å²) in [6, 6.07) is 0. The lowest BCUT2D eigenvalue weighted by molar-refractivity contribution is -0.283. The second-order valence-corrected chi connectivity index (χ2v) is 7.35. The molecule has 30 heavy (non-hydrogen) atoms. The van der Waals surface area contributed by atoms with Crippen LogP contribution in [-0.4, -0.2) is 40.9 Å². The number of rotatable bonds is 7. The van der Waals surface area contributed by atoms with Gasteiger partial charge in [0.15, 0.2) is 0 Å². The summed E-state index contributed by atoms with van der Waals surface area (Å²) in [4.78, 5) is 11.2. The molecule has 1 unspecified atom stereocenters. The Morgan fingerprint density at radius 2 is 1.50 bits per heavy atom. The van der Waals surface area contributed by atoms with E-state index in [1.807, 2.05) is 0 Å². The van der Waals surface area contributed by atoms with Crippen molar-refractivity contribution in [3.63, 3.8) is 0 Å². The van der Waals surface area contributed by atoms with Crippen LogP contribution < -0.4 is 0 Å². The van der Waals surface area contributed by atoms with Gasteiger partial charge in [-0.15, -0.1) is 0 Å². The lowest BCUT2D eigenvalue weighted by atomic mass is 9.81. The van der Waals surface area contributed by atoms with Crippen molar-refractivity contribution in [1.29, 1.82) is 0 Å². The van der Waals surface area contributed by atoms with E-state index in [0.717, 1.165) is 34.7 Å². The third kappa shape index (κ3) is 5.10. The summed E-state index contributed by atoms with van der Waals surface area (Å²) in [5.41, 5.74) is -8.17. The molecular formula is C16H12F11IO2. The zero-order chi connectivity index (χ0) is 23.8. The van der Waals surface area contributed by atoms with Gasteiger partial charge in [0.1, 0.15) is 5.57 Å². The van der Waals surface area contributed by atoms with Gasteiger partial charge in [-0.25, -0.2) is 9.18 Å². The van der Waals surface area contributed by atoms with E-state index in [-0.39, 0.29) is 6.42 Å². The number of allylic oxidation sites excluding steroid dienone is 5. The predicted molar refractivity (Wildman–Crippen MR) is 90.2 cm³/mol. The van der Waals surface area contributed by atoms with E-state index in [4.69, 9.17) is 5.11 Å². The van der Waals surface area contributed by atoms with Gasteiger partial charge in [-0.3, -0.25) is 0 Å². The van der Waals surface area contributed by atoms with Gasteiger partial charge in [0.25, 0.3) is 5.67 Å². The molecule has 2 nitrogen and oxygen atoms in total. The van der Waals surface area contributed by atoms with Crippen LogP contribution in [0.15, 0.2) is 33.0 Å². The second-order valence-electron chi connectivity index (χ2n) is 6.19. The molecule has 0 aliphatic heterocycles. The molecule has 0 heterocycles. The van der Waals surface area contributed by atoms with Gasteiger partial charge < -0.3 is 5.11 Å². The molecule has 1 aliphatic carbocycles. The van der Waals surface area contributed by atoms with E-state index in [1.165, 1.54) is 0 Å². The number of carboxylic acid groups (broad SMARTS) is 1. The highest BCUT2D eigenvalue weighted by molar-refractivity contribution is 14.1. The maximum atomic E-state index is 14.2. The number of hydrogen-bond acceptors (Lipinski definition) is 1. The lowest BCUT2D eigenvalue weighted by Gasteiger charge is -2.37. The van der Waals surface area contributed by atoms with Crippen molar-refractivity contribution in [2.24, 2.45) is 0 Å². The third-order valence-electron chi connectivity index (χ3n) is 4.08. The summed E-state index contributed by atoms with van der Waals surface area (Å²) in [7, 11) is 0. The second kappa shape index (κ2) is 8.65. The number of alkyl halides is 11. The molecule has 0 fully saturated rings. The van der Waals surface area contributed by atoms with Crippen molar-refractivity contribution in [3.8, 4) is 0 Å². The molecule has 0 aromatic carbocycles. The first-order valence-corrected chi connectivity index (χ1v) is 8.96. The molecule has 1 rings (SSSR count). The highest BCUT2D eigenvalue weighted by Gasteiger charge is 2.74. The summed E-state index contributed by atoms with van der Waals surface area (Å²) in [5.74, 6) is -12.9. The minimum absolute atomic E-state index is 0.384. The van der Waals surface area contributed by atoms with Crippen LogP contribution in [0.2, 0.25) is 0 Å². The topological polar surface area (TPSA) is 37.3 Å². The Balaban J connectivity index is 3.02. The molecule has 14 heteroatoms. The van der Waals surface area contributed by atoms with Crippen molar-refractivity contribution in [2.45, 2.75) is 55.5 Å². The van der Waals surface area contributed by atoms with Crippen LogP contribution in [0.3, 0.4) is 0 Å². The molecule has 1 atom stereocenters. The molecule has 0 aromatic heterocycles. The summed E-state index contributed by atoms with van der Waals surface area (Å²) in [5, 5.41) is 8.96. The summed E-state index contributed by atoms with van der Waals surface area (Å²) in [6.07, 6.45) is -13.9. The Labute approximate surface area is 175 Å². The van der Waals surface area contributed by atoms with E-state index in [0.29, 0.717) is 0 Å². The standard InChI is InChI=1S/C16H12F11IO2/c17-12(15(22,23)24)7-9(28)8(10(11(29)30)14(12,20)21)5-3-1-2-4-6-13(18,19)16(25,26)27/h1-2,7H,3-6H2,(H,29,30). The van der Waals surface area contributed by atoms with Gasteiger partial charge in [-0.05, 0) is 53.5 Å². The molecule has 0 aromatic rings. The van der Waals surface area contributed by atoms with Gasteiger partial charge in [0.05, 0.1) is 0 Å². The van der Waals surface area contributed by atoms with Crippen LogP contribution in [0.1, 0.15) is 25.7 Å². The van der Waals surface area contributed by atoms with E-state index in [9.17, 15) is 53.1 Å². The molecule has 1 N–H and O–H groups in total. The smallest absolute Gasteiger partial charge is 0.453 e. The Hall–Kier alpha value is -1.35. The summed E-state index contributed by atoms with van der Waals surface area (Å²) < 4.78 is 142. The van der Waals surface area contributed by atoms with Crippen LogP contribution in [0.4, 0.5) is 48.3 Å². The molecule has 0 spiro atoms. The molecule has 0 bridgehead atoms. The highest BCUT2D eigenvalue weighted by atomic mass is 127. The van der Waals surface area contributed by atoms with Crippen molar-refractivity contribution < 1.29 is 58.2 Å². The number of carboxylic acids is 1. The minimum atomic E-state index is -6.12. The maximum Gasteiger partial charge on any atom is 0.453 e. The van der Waals surface area contributed by atoms with E-state index < -0.39 is 75.9 Å². The zero-order valence-corrected chi connectivity index (χ0v) is 16.6. The minimum Gasteiger partial charge on any atom is -0.478 e. The van der Waals surface area contributed by atoms with E-state index in [2.05, 4.69) is 0 Å². The first kappa shape index (κ1) is 26.7. The molecule has 0 amide bonds. The fourth-order valence-corrected chi connectivity index (χ4v) is 3.45. The van der Waals surface area contributed by atoms with Gasteiger partial charge in [0, 0.05) is 10.0 Å². The summed E-state index contributed by atoms with van der Waals surface area (Å²) in [6.45, 7) is 0. The largest absolute Gasteiger partial charge is 0.478 e. The van der Waals surface area contributed by atoms with Crippen LogP contribution in [0.5, 0.6) is 0 Å². The molecule has 172 valence electrons. The van der Waals surface area contributed by atoms with Crippen molar-refractivity contribution in [2.75, 3.05) is 0 Å². The number of halogens is 12. The average molecular weight is 572 g/mol. The zero-order valence-electron chi connectivity index (χ0n) is 14.5. The number of aliphatic carboxylic acids is 1. The normalized spacial score (nSPS) is 23.1. The Bertz CT molecular complexity index is 762. The predicted octanol–water partition coefficient (Wildman–Crippen LogP) is 6.92. The Kier molecular flexibility index (Phi) is 7.69. The molecule has 0 saturated heterocycles. The average Bonchev–Trinajstić information content (AvgIpc) is 2.52. The van der Waals surface area contributed by atoms with Crippen molar-refractivity contribution in [1.82, 2.24) is 0 Å². The van der Waals surface area contributed by atoms with Gasteiger partial charge in [0.2, 0.25) is 0 Å². The van der Waals surface area contributed by atoms with Crippen LogP contribution in [0, 0.1) is 0 Å². The van der Waals surface area contributed by atoms with Gasteiger partial charge >= 0.3 is 30.2 Å². The number of carbonyl (C=O) groups is 1. The van der Waals surface area contributed by atoms with Crippen LogP contribution in [-0.2, 0) is 4.79 Å². The summed E-state index contributed by atoms with van der Waals surface area (Å²) >= 11 is 1.06. The maximum absolute atomic E-state index is 14.2. The Morgan fingerprint density at radius 1 is 1.00 bits per heavy atom. The monoisotopic (exact) mass is 572 g/mol. The van der Waals surface area contributed by atoms with Crippen LogP contribution in [0.25, 0.3) is 0 Å². The quantitative estimate of drug-likeness (QED) is 0.205. The molecule has 0 saturated carbocycles. The molecule has 1 aliphatic rings. The first-order chi connectivity index (χ1) is 13.3. The first-order valence-electron chi connectivity index (χ1n) is 7.88. The highest BCUT2D eigenvalue weighted by Crippen LogP contribution is 2.55. The van der Waals surface area contributed by atoms with Crippen LogP contribution >= 0.6 is 22.6 Å². The molecule has 0 radical (unpaired) electrons. The van der Waals surface area contributed by atoms with Crippen molar-refractivity contribution >= 4 is 28.6 Å². The van der Waals surface area contributed by atoms with Gasteiger partial charge in [-0.2, -0.15) is 43.9 Å².